The fraction of sp³-hybridized carbons (Fsp3) is 0.200. The maximum atomic E-state index is 12.4. The largest absolute Gasteiger partial charge is 0.456 e. The third-order valence-electron chi connectivity index (χ3n) is 3.13. The standard InChI is InChI=1S/C15H11ClF2N4O2/c1-8(10-4-2-3-5-11(10)16)23-15-19-6-9(7-20-15)13-21-22-14(24-13)12(17)18/h2-8,12H,1H3. The van der Waals surface area contributed by atoms with E-state index >= 15 is 0 Å². The maximum Gasteiger partial charge on any atom is 0.316 e. The average Bonchev–Trinajstić information content (AvgIpc) is 3.06. The molecule has 9 heteroatoms. The molecular formula is C15H11ClF2N4O2. The van der Waals surface area contributed by atoms with E-state index in [1.54, 1.807) is 6.07 Å². The SMILES string of the molecule is CC(Oc1ncc(-c2nnc(C(F)F)o2)cn1)c1ccccc1Cl. The normalized spacial score (nSPS) is 12.4. The topological polar surface area (TPSA) is 73.9 Å². The van der Waals surface area contributed by atoms with Crippen molar-refractivity contribution in [3.8, 4) is 17.5 Å². The Bertz CT molecular complexity index is 826. The quantitative estimate of drug-likeness (QED) is 0.683. The molecule has 6 nitrogen and oxygen atoms in total. The van der Waals surface area contributed by atoms with Gasteiger partial charge >= 0.3 is 12.4 Å². The van der Waals surface area contributed by atoms with Crippen LogP contribution in [0.1, 0.15) is 30.9 Å². The summed E-state index contributed by atoms with van der Waals surface area (Å²) in [7, 11) is 0. The molecule has 1 unspecified atom stereocenters. The highest BCUT2D eigenvalue weighted by atomic mass is 35.5. The van der Waals surface area contributed by atoms with Gasteiger partial charge in [0, 0.05) is 23.0 Å². The van der Waals surface area contributed by atoms with E-state index in [2.05, 4.69) is 20.2 Å². The fourth-order valence-corrected chi connectivity index (χ4v) is 2.24. The van der Waals surface area contributed by atoms with Gasteiger partial charge in [0.05, 0.1) is 5.56 Å². The molecule has 124 valence electrons. The number of aromatic nitrogens is 4. The van der Waals surface area contributed by atoms with Crippen LogP contribution >= 0.6 is 11.6 Å². The second-order valence-corrected chi connectivity index (χ2v) is 5.19. The van der Waals surface area contributed by atoms with Gasteiger partial charge in [-0.3, -0.25) is 0 Å². The van der Waals surface area contributed by atoms with Gasteiger partial charge in [0.15, 0.2) is 0 Å². The minimum absolute atomic E-state index is 0.0870. The Balaban J connectivity index is 1.73. The first kappa shape index (κ1) is 16.3. The molecule has 3 rings (SSSR count). The molecule has 0 saturated heterocycles. The molecule has 1 aromatic carbocycles. The highest BCUT2D eigenvalue weighted by Gasteiger charge is 2.18. The molecule has 1 atom stereocenters. The molecule has 0 aliphatic carbocycles. The molecule has 24 heavy (non-hydrogen) atoms. The Morgan fingerprint density at radius 1 is 1.12 bits per heavy atom. The van der Waals surface area contributed by atoms with Crippen LogP contribution < -0.4 is 4.74 Å². The predicted molar refractivity (Wildman–Crippen MR) is 80.8 cm³/mol. The van der Waals surface area contributed by atoms with E-state index in [9.17, 15) is 8.78 Å². The Hall–Kier alpha value is -2.61. The Morgan fingerprint density at radius 3 is 2.46 bits per heavy atom. The molecule has 0 aliphatic rings. The zero-order valence-electron chi connectivity index (χ0n) is 12.4. The number of halogens is 3. The van der Waals surface area contributed by atoms with Crippen molar-refractivity contribution in [1.82, 2.24) is 20.2 Å². The van der Waals surface area contributed by atoms with Crippen molar-refractivity contribution in [1.29, 1.82) is 0 Å². The summed E-state index contributed by atoms with van der Waals surface area (Å²) in [6.45, 7) is 1.81. The predicted octanol–water partition coefficient (Wildman–Crippen LogP) is 4.26. The smallest absolute Gasteiger partial charge is 0.316 e. The van der Waals surface area contributed by atoms with E-state index in [4.69, 9.17) is 20.8 Å². The first-order valence-electron chi connectivity index (χ1n) is 6.89. The van der Waals surface area contributed by atoms with Crippen molar-refractivity contribution in [2.45, 2.75) is 19.5 Å². The molecular weight excluding hydrogens is 342 g/mol. The van der Waals surface area contributed by atoms with E-state index in [1.807, 2.05) is 25.1 Å². The lowest BCUT2D eigenvalue weighted by Crippen LogP contribution is -2.06. The minimum atomic E-state index is -2.83. The van der Waals surface area contributed by atoms with Crippen LogP contribution in [-0.2, 0) is 0 Å². The Labute approximate surface area is 140 Å². The maximum absolute atomic E-state index is 12.4. The summed E-state index contributed by atoms with van der Waals surface area (Å²) >= 11 is 6.11. The van der Waals surface area contributed by atoms with Crippen LogP contribution in [0.25, 0.3) is 11.5 Å². The van der Waals surface area contributed by atoms with Crippen LogP contribution in [0, 0.1) is 0 Å². The van der Waals surface area contributed by atoms with E-state index in [0.29, 0.717) is 10.6 Å². The van der Waals surface area contributed by atoms with E-state index in [1.165, 1.54) is 12.4 Å². The van der Waals surface area contributed by atoms with Crippen molar-refractivity contribution >= 4 is 11.6 Å². The second-order valence-electron chi connectivity index (χ2n) is 4.78. The molecule has 0 amide bonds. The molecule has 0 N–H and O–H groups in total. The lowest BCUT2D eigenvalue weighted by Gasteiger charge is -2.14. The van der Waals surface area contributed by atoms with E-state index in [-0.39, 0.29) is 18.0 Å². The summed E-state index contributed by atoms with van der Waals surface area (Å²) in [5.74, 6) is -0.839. The number of ether oxygens (including phenoxy) is 1. The van der Waals surface area contributed by atoms with Crippen LogP contribution in [0.5, 0.6) is 6.01 Å². The van der Waals surface area contributed by atoms with Gasteiger partial charge in [-0.15, -0.1) is 10.2 Å². The van der Waals surface area contributed by atoms with Crippen LogP contribution in [0.4, 0.5) is 8.78 Å². The number of benzene rings is 1. The monoisotopic (exact) mass is 352 g/mol. The summed E-state index contributed by atoms with van der Waals surface area (Å²) in [6, 6.07) is 7.38. The first-order valence-corrected chi connectivity index (χ1v) is 7.27. The Morgan fingerprint density at radius 2 is 1.83 bits per heavy atom. The average molecular weight is 353 g/mol. The number of rotatable bonds is 5. The zero-order chi connectivity index (χ0) is 17.1. The van der Waals surface area contributed by atoms with Crippen molar-refractivity contribution < 1.29 is 17.9 Å². The second kappa shape index (κ2) is 6.88. The lowest BCUT2D eigenvalue weighted by molar-refractivity contribution is 0.116. The van der Waals surface area contributed by atoms with Gasteiger partial charge in [0.25, 0.3) is 11.8 Å². The van der Waals surface area contributed by atoms with Gasteiger partial charge in [0.1, 0.15) is 6.10 Å². The number of hydrogen-bond acceptors (Lipinski definition) is 6. The summed E-state index contributed by atoms with van der Waals surface area (Å²) in [5, 5.41) is 7.34. The van der Waals surface area contributed by atoms with Gasteiger partial charge in [-0.25, -0.2) is 9.97 Å². The highest BCUT2D eigenvalue weighted by molar-refractivity contribution is 6.31. The highest BCUT2D eigenvalue weighted by Crippen LogP contribution is 2.26. The van der Waals surface area contributed by atoms with Crippen molar-refractivity contribution in [3.05, 3.63) is 53.1 Å². The van der Waals surface area contributed by atoms with Gasteiger partial charge in [0.2, 0.25) is 0 Å². The van der Waals surface area contributed by atoms with E-state index < -0.39 is 12.3 Å². The van der Waals surface area contributed by atoms with Crippen molar-refractivity contribution in [2.24, 2.45) is 0 Å². The molecule has 0 bridgehead atoms. The molecule has 2 heterocycles. The van der Waals surface area contributed by atoms with Gasteiger partial charge < -0.3 is 9.15 Å². The minimum Gasteiger partial charge on any atom is -0.456 e. The molecule has 0 radical (unpaired) electrons. The lowest BCUT2D eigenvalue weighted by atomic mass is 10.1. The molecule has 0 fully saturated rings. The number of alkyl halides is 2. The van der Waals surface area contributed by atoms with Gasteiger partial charge in [-0.05, 0) is 13.0 Å². The molecule has 2 aromatic heterocycles. The van der Waals surface area contributed by atoms with E-state index in [0.717, 1.165) is 5.56 Å². The molecule has 0 aliphatic heterocycles. The van der Waals surface area contributed by atoms with Gasteiger partial charge in [-0.1, -0.05) is 29.8 Å². The molecule has 3 aromatic rings. The summed E-state index contributed by atoms with van der Waals surface area (Å²) in [4.78, 5) is 8.03. The molecule has 0 spiro atoms. The summed E-state index contributed by atoms with van der Waals surface area (Å²) in [6.07, 6.45) is -0.487. The van der Waals surface area contributed by atoms with Crippen LogP contribution in [0.15, 0.2) is 41.1 Å². The summed E-state index contributed by atoms with van der Waals surface area (Å²) in [5.41, 5.74) is 1.11. The number of nitrogens with zero attached hydrogens (tertiary/aromatic N) is 4. The van der Waals surface area contributed by atoms with Crippen molar-refractivity contribution in [2.75, 3.05) is 0 Å². The van der Waals surface area contributed by atoms with Crippen LogP contribution in [-0.4, -0.2) is 20.2 Å². The van der Waals surface area contributed by atoms with Gasteiger partial charge in [-0.2, -0.15) is 8.78 Å². The fourth-order valence-electron chi connectivity index (χ4n) is 1.95. The van der Waals surface area contributed by atoms with Crippen LogP contribution in [0.2, 0.25) is 5.02 Å². The number of hydrogen-bond donors (Lipinski definition) is 0. The molecule has 0 saturated carbocycles. The summed E-state index contributed by atoms with van der Waals surface area (Å²) < 4.78 is 35.3. The third-order valence-corrected chi connectivity index (χ3v) is 3.47. The van der Waals surface area contributed by atoms with Crippen molar-refractivity contribution in [3.63, 3.8) is 0 Å². The Kier molecular flexibility index (Phi) is 4.66. The zero-order valence-corrected chi connectivity index (χ0v) is 13.1. The van der Waals surface area contributed by atoms with Crippen LogP contribution in [0.3, 0.4) is 0 Å². The first-order chi connectivity index (χ1) is 11.5. The third kappa shape index (κ3) is 3.48.